The molecule has 2 nitrogen and oxygen atoms in total. The van der Waals surface area contributed by atoms with Crippen molar-refractivity contribution in [3.05, 3.63) is 40.1 Å². The standard InChI is InChI=1S/C15H17ClO2/c1-9-4-5-10(16)6-11(9)14-12(17)7-15(2,3)8-13(14)18/h4-6,17H,7-8H2,1-3H3. The van der Waals surface area contributed by atoms with Gasteiger partial charge in [0.05, 0.1) is 5.57 Å². The minimum Gasteiger partial charge on any atom is -0.512 e. The summed E-state index contributed by atoms with van der Waals surface area (Å²) in [6, 6.07) is 5.40. The number of carbonyl (C=O) groups excluding carboxylic acids is 1. The summed E-state index contributed by atoms with van der Waals surface area (Å²) in [5.74, 6) is 0.177. The Bertz CT molecular complexity index is 541. The Morgan fingerprint density at radius 3 is 2.56 bits per heavy atom. The van der Waals surface area contributed by atoms with Crippen LogP contribution in [0.4, 0.5) is 0 Å². The number of aryl methyl sites for hydroxylation is 1. The van der Waals surface area contributed by atoms with Crippen LogP contribution in [0.5, 0.6) is 0 Å². The summed E-state index contributed by atoms with van der Waals surface area (Å²) in [6.07, 6.45) is 0.984. The van der Waals surface area contributed by atoms with E-state index in [1.165, 1.54) is 0 Å². The molecule has 0 atom stereocenters. The largest absolute Gasteiger partial charge is 0.512 e. The Kier molecular flexibility index (Phi) is 3.24. The summed E-state index contributed by atoms with van der Waals surface area (Å²) in [7, 11) is 0. The average molecular weight is 265 g/mol. The highest BCUT2D eigenvalue weighted by Gasteiger charge is 2.34. The quantitative estimate of drug-likeness (QED) is 0.821. The third-order valence-corrected chi connectivity index (χ3v) is 3.56. The van der Waals surface area contributed by atoms with E-state index in [-0.39, 0.29) is 17.0 Å². The van der Waals surface area contributed by atoms with Crippen molar-refractivity contribution in [3.63, 3.8) is 0 Å². The lowest BCUT2D eigenvalue weighted by Gasteiger charge is -2.30. The maximum Gasteiger partial charge on any atom is 0.167 e. The molecule has 0 spiro atoms. The Hall–Kier alpha value is -1.28. The molecule has 3 heteroatoms. The maximum absolute atomic E-state index is 12.2. The lowest BCUT2D eigenvalue weighted by atomic mass is 9.75. The zero-order valence-electron chi connectivity index (χ0n) is 10.9. The molecule has 1 aromatic carbocycles. The van der Waals surface area contributed by atoms with E-state index in [0.29, 0.717) is 23.4 Å². The van der Waals surface area contributed by atoms with Crippen LogP contribution in [0.2, 0.25) is 5.02 Å². The van der Waals surface area contributed by atoms with Gasteiger partial charge in [-0.2, -0.15) is 0 Å². The molecule has 1 N–H and O–H groups in total. The van der Waals surface area contributed by atoms with Gasteiger partial charge in [-0.15, -0.1) is 0 Å². The molecule has 0 aliphatic heterocycles. The number of aliphatic hydroxyl groups is 1. The molecule has 18 heavy (non-hydrogen) atoms. The van der Waals surface area contributed by atoms with E-state index in [1.54, 1.807) is 12.1 Å². The van der Waals surface area contributed by atoms with E-state index in [1.807, 2.05) is 26.8 Å². The van der Waals surface area contributed by atoms with Crippen LogP contribution in [0.25, 0.3) is 5.57 Å². The first kappa shape index (κ1) is 13.2. The smallest absolute Gasteiger partial charge is 0.167 e. The van der Waals surface area contributed by atoms with Gasteiger partial charge in [0.25, 0.3) is 0 Å². The second-order valence-electron chi connectivity index (χ2n) is 5.72. The molecule has 0 unspecified atom stereocenters. The summed E-state index contributed by atoms with van der Waals surface area (Å²) < 4.78 is 0. The number of hydrogen-bond acceptors (Lipinski definition) is 2. The number of aliphatic hydroxyl groups excluding tert-OH is 1. The van der Waals surface area contributed by atoms with Crippen LogP contribution in [0.15, 0.2) is 24.0 Å². The number of ketones is 1. The van der Waals surface area contributed by atoms with E-state index < -0.39 is 0 Å². The highest BCUT2D eigenvalue weighted by atomic mass is 35.5. The number of benzene rings is 1. The summed E-state index contributed by atoms with van der Waals surface area (Å²) >= 11 is 5.97. The van der Waals surface area contributed by atoms with Crippen LogP contribution in [-0.2, 0) is 4.79 Å². The van der Waals surface area contributed by atoms with Gasteiger partial charge in [-0.3, -0.25) is 4.79 Å². The molecule has 0 fully saturated rings. The van der Waals surface area contributed by atoms with Gasteiger partial charge in [-0.05, 0) is 35.6 Å². The number of Topliss-reactive ketones (excluding diaryl/α,β-unsaturated/α-hetero) is 1. The molecule has 0 radical (unpaired) electrons. The first-order valence-electron chi connectivity index (χ1n) is 6.02. The molecule has 2 rings (SSSR count). The second kappa shape index (κ2) is 4.43. The van der Waals surface area contributed by atoms with Gasteiger partial charge in [0.15, 0.2) is 5.78 Å². The van der Waals surface area contributed by atoms with E-state index in [4.69, 9.17) is 11.6 Å². The SMILES string of the molecule is Cc1ccc(Cl)cc1C1=C(O)CC(C)(C)CC1=O. The van der Waals surface area contributed by atoms with Crippen LogP contribution in [0.1, 0.15) is 37.8 Å². The topological polar surface area (TPSA) is 37.3 Å². The molecule has 0 aromatic heterocycles. The number of carbonyl (C=O) groups is 1. The fraction of sp³-hybridized carbons (Fsp3) is 0.400. The molecule has 0 heterocycles. The van der Waals surface area contributed by atoms with Gasteiger partial charge in [0.1, 0.15) is 5.76 Å². The molecule has 1 aliphatic rings. The number of rotatable bonds is 1. The van der Waals surface area contributed by atoms with Crippen LogP contribution in [0.3, 0.4) is 0 Å². The minimum absolute atomic E-state index is 0.00545. The van der Waals surface area contributed by atoms with E-state index in [0.717, 1.165) is 11.1 Å². The third kappa shape index (κ3) is 2.44. The van der Waals surface area contributed by atoms with Gasteiger partial charge < -0.3 is 5.11 Å². The van der Waals surface area contributed by atoms with Gasteiger partial charge >= 0.3 is 0 Å². The normalized spacial score (nSPS) is 19.2. The van der Waals surface area contributed by atoms with Crippen molar-refractivity contribution >= 4 is 23.0 Å². The van der Waals surface area contributed by atoms with Crippen LogP contribution < -0.4 is 0 Å². The third-order valence-electron chi connectivity index (χ3n) is 3.32. The van der Waals surface area contributed by atoms with Gasteiger partial charge in [-0.25, -0.2) is 0 Å². The predicted octanol–water partition coefficient (Wildman–Crippen LogP) is 4.31. The van der Waals surface area contributed by atoms with Crippen molar-refractivity contribution in [1.29, 1.82) is 0 Å². The van der Waals surface area contributed by atoms with Crippen molar-refractivity contribution in [2.24, 2.45) is 5.41 Å². The van der Waals surface area contributed by atoms with Crippen molar-refractivity contribution in [2.45, 2.75) is 33.6 Å². The summed E-state index contributed by atoms with van der Waals surface area (Å²) in [5, 5.41) is 10.7. The first-order valence-corrected chi connectivity index (χ1v) is 6.40. The predicted molar refractivity (Wildman–Crippen MR) is 73.8 cm³/mol. The Morgan fingerprint density at radius 1 is 1.28 bits per heavy atom. The minimum atomic E-state index is -0.169. The fourth-order valence-electron chi connectivity index (χ4n) is 2.46. The highest BCUT2D eigenvalue weighted by molar-refractivity contribution is 6.31. The Balaban J connectivity index is 2.56. The van der Waals surface area contributed by atoms with E-state index in [2.05, 4.69) is 0 Å². The summed E-state index contributed by atoms with van der Waals surface area (Å²) in [4.78, 5) is 12.2. The first-order chi connectivity index (χ1) is 8.30. The fourth-order valence-corrected chi connectivity index (χ4v) is 2.63. The second-order valence-corrected chi connectivity index (χ2v) is 6.16. The lowest BCUT2D eigenvalue weighted by molar-refractivity contribution is -0.116. The highest BCUT2D eigenvalue weighted by Crippen LogP contribution is 2.40. The van der Waals surface area contributed by atoms with Gasteiger partial charge in [0, 0.05) is 17.9 Å². The van der Waals surface area contributed by atoms with Crippen LogP contribution in [-0.4, -0.2) is 10.9 Å². The van der Waals surface area contributed by atoms with Crippen molar-refractivity contribution < 1.29 is 9.90 Å². The number of halogens is 1. The van der Waals surface area contributed by atoms with Crippen LogP contribution in [0, 0.1) is 12.3 Å². The lowest BCUT2D eigenvalue weighted by Crippen LogP contribution is -2.25. The molecule has 0 bridgehead atoms. The molecule has 0 saturated heterocycles. The molecule has 96 valence electrons. The van der Waals surface area contributed by atoms with Gasteiger partial charge in [0.2, 0.25) is 0 Å². The average Bonchev–Trinajstić information content (AvgIpc) is 2.20. The Morgan fingerprint density at radius 2 is 1.94 bits per heavy atom. The van der Waals surface area contributed by atoms with Crippen molar-refractivity contribution in [1.82, 2.24) is 0 Å². The van der Waals surface area contributed by atoms with Crippen LogP contribution >= 0.6 is 11.6 Å². The Labute approximate surface area is 112 Å². The molecule has 0 amide bonds. The zero-order valence-corrected chi connectivity index (χ0v) is 11.6. The summed E-state index contributed by atoms with van der Waals surface area (Å²) in [6.45, 7) is 5.89. The summed E-state index contributed by atoms with van der Waals surface area (Å²) in [5.41, 5.74) is 1.97. The monoisotopic (exact) mass is 264 g/mol. The molecule has 1 aliphatic carbocycles. The molecule has 1 aromatic rings. The number of hydrogen-bond donors (Lipinski definition) is 1. The van der Waals surface area contributed by atoms with E-state index in [9.17, 15) is 9.90 Å². The molecular weight excluding hydrogens is 248 g/mol. The number of allylic oxidation sites excluding steroid dienone is 2. The maximum atomic E-state index is 12.2. The molecular formula is C15H17ClO2. The van der Waals surface area contributed by atoms with E-state index >= 15 is 0 Å². The van der Waals surface area contributed by atoms with Crippen molar-refractivity contribution in [3.8, 4) is 0 Å². The van der Waals surface area contributed by atoms with Crippen molar-refractivity contribution in [2.75, 3.05) is 0 Å². The van der Waals surface area contributed by atoms with Gasteiger partial charge in [-0.1, -0.05) is 31.5 Å². The zero-order chi connectivity index (χ0) is 13.5. The molecule has 0 saturated carbocycles.